The number of hydrogen-bond donors (Lipinski definition) is 1. The van der Waals surface area contributed by atoms with Crippen molar-refractivity contribution in [3.8, 4) is 0 Å². The van der Waals surface area contributed by atoms with Crippen LogP contribution in [0, 0.1) is 130 Å². The summed E-state index contributed by atoms with van der Waals surface area (Å²) in [6, 6.07) is 0. The average Bonchev–Trinajstić information content (AvgIpc) is 4.12. The Bertz CT molecular complexity index is 1050. The van der Waals surface area contributed by atoms with Gasteiger partial charge in [-0.3, -0.25) is 4.79 Å². The van der Waals surface area contributed by atoms with E-state index >= 15 is 0 Å². The van der Waals surface area contributed by atoms with Crippen molar-refractivity contribution in [1.29, 1.82) is 0 Å². The minimum absolute atomic E-state index is 0.182. The van der Waals surface area contributed by atoms with E-state index in [4.69, 9.17) is 18.9 Å². The monoisotopic (exact) mass is 1010 g/mol. The molecule has 71 heavy (non-hydrogen) atoms. The second-order valence-corrected chi connectivity index (χ2v) is 27.3. The Balaban J connectivity index is 0. The van der Waals surface area contributed by atoms with Gasteiger partial charge in [0.15, 0.2) is 0 Å². The Morgan fingerprint density at radius 1 is 0.380 bits per heavy atom. The lowest BCUT2D eigenvalue weighted by atomic mass is 9.80. The summed E-state index contributed by atoms with van der Waals surface area (Å²) < 4.78 is 22.0. The summed E-state index contributed by atoms with van der Waals surface area (Å²) in [5.41, 5.74) is 0. The van der Waals surface area contributed by atoms with Gasteiger partial charge in [-0.15, -0.1) is 0 Å². The molecule has 0 bridgehead atoms. The van der Waals surface area contributed by atoms with E-state index in [0.29, 0.717) is 11.8 Å². The maximum Gasteiger partial charge on any atom is 0.223 e. The smallest absolute Gasteiger partial charge is 0.223 e. The standard InChI is InChI=1S/C13H28.C12H25NO.4C10H20O/c1-6-7-8-9-13(12(4)5)10-11(2)3;1-6-7-13-12(14)11(10(4)5)8-9(2)3;4*1-7(2)9-5-11-6-10(9)8(3)4/h11-13H,6-10H2,1-5H3;9-11H,6-8H2,1-5H3,(H,13,14);4*7-10H,5-6H2,1-4H3/t;;9-,10+;2*9-,10-;/m...10./s1. The SMILES string of the molecule is CC(C)C1COCC1C(C)C.CC(C)[C@@H]1COC[C@H]1C(C)C.CC(C)[C@H]1COC[C@@H]1C(C)C.CC(C)[C@H]1COC[C@H]1C(C)C.CCCCCC(CC(C)C)C(C)C.CCCNC(=O)C(CC(C)C)C(C)C. The molecule has 4 aliphatic rings. The van der Waals surface area contributed by atoms with E-state index in [1.165, 1.54) is 32.1 Å². The van der Waals surface area contributed by atoms with Crippen molar-refractivity contribution in [1.82, 2.24) is 5.32 Å². The minimum atomic E-state index is 0.182. The van der Waals surface area contributed by atoms with Gasteiger partial charge in [-0.1, -0.05) is 206 Å². The van der Waals surface area contributed by atoms with Crippen LogP contribution in [0.3, 0.4) is 0 Å². The zero-order valence-corrected chi connectivity index (χ0v) is 53.1. The maximum absolute atomic E-state index is 11.8. The highest BCUT2D eigenvalue weighted by Crippen LogP contribution is 2.36. The van der Waals surface area contributed by atoms with E-state index in [-0.39, 0.29) is 11.8 Å². The van der Waals surface area contributed by atoms with Gasteiger partial charge in [0.2, 0.25) is 5.91 Å². The van der Waals surface area contributed by atoms with Gasteiger partial charge in [-0.2, -0.15) is 0 Å². The first-order valence-corrected chi connectivity index (χ1v) is 30.7. The van der Waals surface area contributed by atoms with Gasteiger partial charge in [-0.25, -0.2) is 0 Å². The normalized spacial score (nSPS) is 25.2. The number of ether oxygens (including phenoxy) is 4. The molecule has 4 aliphatic heterocycles. The predicted octanol–water partition coefficient (Wildman–Crippen LogP) is 18.0. The largest absolute Gasteiger partial charge is 0.381 e. The zero-order chi connectivity index (χ0) is 55.1. The molecule has 0 aromatic carbocycles. The van der Waals surface area contributed by atoms with Crippen LogP contribution in [0.2, 0.25) is 0 Å². The Morgan fingerprint density at radius 2 is 0.648 bits per heavy atom. The fourth-order valence-corrected chi connectivity index (χ4v) is 11.4. The summed E-state index contributed by atoms with van der Waals surface area (Å²) in [7, 11) is 0. The fraction of sp³-hybridized carbons (Fsp3) is 0.985. The number of nitrogens with one attached hydrogen (secondary N) is 1. The summed E-state index contributed by atoms with van der Waals surface area (Å²) in [5, 5.41) is 2.98. The van der Waals surface area contributed by atoms with Crippen molar-refractivity contribution in [2.24, 2.45) is 130 Å². The van der Waals surface area contributed by atoms with Gasteiger partial charge >= 0.3 is 0 Å². The lowest BCUT2D eigenvalue weighted by Gasteiger charge is -2.23. The van der Waals surface area contributed by atoms with Crippen molar-refractivity contribution in [3.63, 3.8) is 0 Å². The highest BCUT2D eigenvalue weighted by molar-refractivity contribution is 5.78. The third-order valence-corrected chi connectivity index (χ3v) is 16.8. The van der Waals surface area contributed by atoms with Crippen molar-refractivity contribution in [2.75, 3.05) is 59.4 Å². The summed E-state index contributed by atoms with van der Waals surface area (Å²) in [6.45, 7) is 67.9. The highest BCUT2D eigenvalue weighted by atomic mass is 16.5. The number of carbonyl (C=O) groups is 1. The Hall–Kier alpha value is -0.690. The molecular formula is C65H133NO5. The van der Waals surface area contributed by atoms with E-state index in [1.54, 1.807) is 0 Å². The molecule has 6 heteroatoms. The van der Waals surface area contributed by atoms with Gasteiger partial charge in [0.1, 0.15) is 0 Å². The van der Waals surface area contributed by atoms with E-state index in [1.807, 2.05) is 0 Å². The lowest BCUT2D eigenvalue weighted by molar-refractivity contribution is -0.126. The second-order valence-electron chi connectivity index (χ2n) is 27.3. The molecule has 4 saturated heterocycles. The predicted molar refractivity (Wildman–Crippen MR) is 313 cm³/mol. The lowest BCUT2D eigenvalue weighted by Crippen LogP contribution is -2.34. The second kappa shape index (κ2) is 40.5. The molecule has 1 amide bonds. The molecule has 6 nitrogen and oxygen atoms in total. The fourth-order valence-electron chi connectivity index (χ4n) is 11.4. The molecule has 4 fully saturated rings. The molecule has 0 aromatic rings. The van der Waals surface area contributed by atoms with Gasteiger partial charge in [0, 0.05) is 65.3 Å². The van der Waals surface area contributed by atoms with Crippen molar-refractivity contribution >= 4 is 5.91 Å². The van der Waals surface area contributed by atoms with Crippen LogP contribution in [0.5, 0.6) is 0 Å². The first-order chi connectivity index (χ1) is 33.1. The molecule has 0 saturated carbocycles. The van der Waals surface area contributed by atoms with Crippen LogP contribution < -0.4 is 5.32 Å². The quantitative estimate of drug-likeness (QED) is 0.116. The number of unbranched alkanes of at least 4 members (excludes halogenated alkanes) is 2. The van der Waals surface area contributed by atoms with Crippen LogP contribution in [0.15, 0.2) is 0 Å². The van der Waals surface area contributed by atoms with Crippen molar-refractivity contribution in [2.45, 2.75) is 225 Å². The van der Waals surface area contributed by atoms with Crippen molar-refractivity contribution in [3.05, 3.63) is 0 Å². The van der Waals surface area contributed by atoms with Gasteiger partial charge < -0.3 is 24.3 Å². The number of hydrogen-bond acceptors (Lipinski definition) is 5. The van der Waals surface area contributed by atoms with Gasteiger partial charge in [-0.05, 0) is 144 Å². The summed E-state index contributed by atoms with van der Waals surface area (Å²) in [6.07, 6.45) is 9.08. The van der Waals surface area contributed by atoms with Crippen LogP contribution in [0.4, 0.5) is 0 Å². The first kappa shape index (κ1) is 72.4. The van der Waals surface area contributed by atoms with E-state index in [9.17, 15) is 4.79 Å². The maximum atomic E-state index is 11.8. The van der Waals surface area contributed by atoms with E-state index in [2.05, 4.69) is 185 Å². The molecule has 1 N–H and O–H groups in total. The molecular weight excluding hydrogens is 875 g/mol. The highest BCUT2D eigenvalue weighted by Gasteiger charge is 2.35. The summed E-state index contributed by atoms with van der Waals surface area (Å²) in [5.74, 6) is 16.8. The molecule has 428 valence electrons. The summed E-state index contributed by atoms with van der Waals surface area (Å²) in [4.78, 5) is 11.8. The molecule has 4 rings (SSSR count). The third kappa shape index (κ3) is 31.2. The van der Waals surface area contributed by atoms with E-state index < -0.39 is 0 Å². The third-order valence-electron chi connectivity index (χ3n) is 16.8. The van der Waals surface area contributed by atoms with Gasteiger partial charge in [0.05, 0.1) is 0 Å². The molecule has 4 unspecified atom stereocenters. The Kier molecular flexibility index (Phi) is 41.3. The number of carbonyl (C=O) groups excluding carboxylic acids is 1. The molecule has 0 aliphatic carbocycles. The molecule has 0 aromatic heterocycles. The zero-order valence-electron chi connectivity index (χ0n) is 53.1. The van der Waals surface area contributed by atoms with Crippen LogP contribution >= 0.6 is 0 Å². The topological polar surface area (TPSA) is 66.0 Å². The number of rotatable bonds is 21. The molecule has 0 spiro atoms. The molecule has 4 heterocycles. The minimum Gasteiger partial charge on any atom is -0.381 e. The Labute approximate surface area is 447 Å². The van der Waals surface area contributed by atoms with Crippen LogP contribution in [-0.2, 0) is 23.7 Å². The number of amides is 1. The van der Waals surface area contributed by atoms with E-state index in [0.717, 1.165) is 185 Å². The summed E-state index contributed by atoms with van der Waals surface area (Å²) >= 11 is 0. The molecule has 10 atom stereocenters. The average molecular weight is 1010 g/mol. The van der Waals surface area contributed by atoms with Crippen molar-refractivity contribution < 1.29 is 23.7 Å². The van der Waals surface area contributed by atoms with Crippen LogP contribution in [-0.4, -0.2) is 65.3 Å². The first-order valence-electron chi connectivity index (χ1n) is 30.7. The van der Waals surface area contributed by atoms with Crippen LogP contribution in [0.25, 0.3) is 0 Å². The van der Waals surface area contributed by atoms with Crippen LogP contribution in [0.1, 0.15) is 225 Å². The Morgan fingerprint density at radius 3 is 0.831 bits per heavy atom. The molecule has 0 radical (unpaired) electrons. The van der Waals surface area contributed by atoms with Gasteiger partial charge in [0.25, 0.3) is 0 Å².